The Morgan fingerprint density at radius 2 is 2.13 bits per heavy atom. The number of aliphatic hydroxyl groups is 1. The van der Waals surface area contributed by atoms with Crippen LogP contribution in [-0.2, 0) is 23.9 Å². The standard InChI is InChI=1S/C18H17N3O9S/c1-8(22)30-6-10-7-31-17-12(16(25)20(17)13(10)18(26)27)19-15(24)14(23)9-3-2-4-11(5-9)21(28)29/h2-5,12,14,17,23H,6-7H2,1H3,(H,19,24)(H,26,27)/t12-,14?,17-/m1/s1. The van der Waals surface area contributed by atoms with E-state index in [-0.39, 0.29) is 34.9 Å². The van der Waals surface area contributed by atoms with E-state index in [2.05, 4.69) is 5.32 Å². The Morgan fingerprint density at radius 3 is 2.74 bits per heavy atom. The number of rotatable bonds is 7. The lowest BCUT2D eigenvalue weighted by Crippen LogP contribution is -2.71. The van der Waals surface area contributed by atoms with Gasteiger partial charge in [-0.25, -0.2) is 4.79 Å². The molecule has 1 saturated heterocycles. The highest BCUT2D eigenvalue weighted by molar-refractivity contribution is 8.00. The molecule has 3 rings (SSSR count). The van der Waals surface area contributed by atoms with E-state index < -0.39 is 46.2 Å². The summed E-state index contributed by atoms with van der Waals surface area (Å²) in [5.74, 6) is -3.47. The van der Waals surface area contributed by atoms with E-state index in [0.29, 0.717) is 0 Å². The first-order chi connectivity index (χ1) is 14.6. The number of β-lactam (4-membered cyclic amide) rings is 1. The molecule has 0 bridgehead atoms. The topological polar surface area (TPSA) is 176 Å². The van der Waals surface area contributed by atoms with Gasteiger partial charge < -0.3 is 20.3 Å². The van der Waals surface area contributed by atoms with Gasteiger partial charge in [0, 0.05) is 30.4 Å². The summed E-state index contributed by atoms with van der Waals surface area (Å²) >= 11 is 1.17. The molecule has 3 N–H and O–H groups in total. The number of carbonyl (C=O) groups excluding carboxylic acids is 3. The van der Waals surface area contributed by atoms with Crippen LogP contribution in [0.25, 0.3) is 0 Å². The number of carboxylic acid groups (broad SMARTS) is 1. The molecule has 0 aromatic heterocycles. The second-order valence-electron chi connectivity index (χ2n) is 6.69. The molecule has 0 aliphatic carbocycles. The molecule has 2 heterocycles. The number of hydrogen-bond acceptors (Lipinski definition) is 9. The quantitative estimate of drug-likeness (QED) is 0.220. The highest BCUT2D eigenvalue weighted by Gasteiger charge is 2.54. The minimum Gasteiger partial charge on any atom is -0.477 e. The van der Waals surface area contributed by atoms with Gasteiger partial charge in [0.15, 0.2) is 6.10 Å². The van der Waals surface area contributed by atoms with Crippen LogP contribution in [0.1, 0.15) is 18.6 Å². The summed E-state index contributed by atoms with van der Waals surface area (Å²) < 4.78 is 4.84. The molecular weight excluding hydrogens is 434 g/mol. The van der Waals surface area contributed by atoms with Crippen LogP contribution in [0.5, 0.6) is 0 Å². The number of hydrogen-bond donors (Lipinski definition) is 3. The molecular formula is C18H17N3O9S. The molecule has 164 valence electrons. The molecule has 1 unspecified atom stereocenters. The van der Waals surface area contributed by atoms with Crippen molar-refractivity contribution in [3.8, 4) is 0 Å². The zero-order chi connectivity index (χ0) is 22.9. The summed E-state index contributed by atoms with van der Waals surface area (Å²) in [6.07, 6.45) is -1.76. The lowest BCUT2D eigenvalue weighted by Gasteiger charge is -2.49. The third-order valence-corrected chi connectivity index (χ3v) is 5.98. The van der Waals surface area contributed by atoms with E-state index in [9.17, 15) is 39.5 Å². The van der Waals surface area contributed by atoms with Crippen molar-refractivity contribution < 1.29 is 39.1 Å². The molecule has 12 nitrogen and oxygen atoms in total. The number of nitrogens with one attached hydrogen (secondary N) is 1. The monoisotopic (exact) mass is 451 g/mol. The van der Waals surface area contributed by atoms with Crippen molar-refractivity contribution in [2.75, 3.05) is 12.4 Å². The number of carbonyl (C=O) groups is 4. The highest BCUT2D eigenvalue weighted by Crippen LogP contribution is 2.40. The van der Waals surface area contributed by atoms with Gasteiger partial charge in [-0.05, 0) is 5.56 Å². The molecule has 0 saturated carbocycles. The first kappa shape index (κ1) is 22.2. The van der Waals surface area contributed by atoms with Crippen LogP contribution in [0.15, 0.2) is 35.5 Å². The maximum absolute atomic E-state index is 12.6. The van der Waals surface area contributed by atoms with Gasteiger partial charge in [0.2, 0.25) is 0 Å². The fourth-order valence-corrected chi connectivity index (χ4v) is 4.50. The van der Waals surface area contributed by atoms with Crippen molar-refractivity contribution in [1.29, 1.82) is 0 Å². The van der Waals surface area contributed by atoms with E-state index in [1.54, 1.807) is 0 Å². The SMILES string of the molecule is CC(=O)OCC1=C(C(=O)O)N2C(=O)[C@@H](NC(=O)C(O)c3cccc([N+](=O)[O-])c3)[C@H]2SC1. The van der Waals surface area contributed by atoms with E-state index in [4.69, 9.17) is 4.74 Å². The summed E-state index contributed by atoms with van der Waals surface area (Å²) in [4.78, 5) is 58.8. The van der Waals surface area contributed by atoms with Gasteiger partial charge in [-0.2, -0.15) is 0 Å². The number of ether oxygens (including phenoxy) is 1. The maximum atomic E-state index is 12.6. The third kappa shape index (κ3) is 4.36. The van der Waals surface area contributed by atoms with Crippen molar-refractivity contribution >= 4 is 41.2 Å². The molecule has 0 radical (unpaired) electrons. The second-order valence-corrected chi connectivity index (χ2v) is 7.79. The maximum Gasteiger partial charge on any atom is 0.352 e. The van der Waals surface area contributed by atoms with Gasteiger partial charge in [-0.3, -0.25) is 29.4 Å². The molecule has 31 heavy (non-hydrogen) atoms. The predicted octanol–water partition coefficient (Wildman–Crippen LogP) is -0.0701. The van der Waals surface area contributed by atoms with Crippen LogP contribution in [0.4, 0.5) is 5.69 Å². The molecule has 13 heteroatoms. The van der Waals surface area contributed by atoms with E-state index >= 15 is 0 Å². The first-order valence-electron chi connectivity index (χ1n) is 8.88. The molecule has 2 aliphatic heterocycles. The Balaban J connectivity index is 1.73. The Kier molecular flexibility index (Phi) is 6.27. The number of fused-ring (bicyclic) bond motifs is 1. The molecule has 3 atom stereocenters. The van der Waals surface area contributed by atoms with Gasteiger partial charge >= 0.3 is 11.9 Å². The summed E-state index contributed by atoms with van der Waals surface area (Å²) in [7, 11) is 0. The molecule has 0 spiro atoms. The number of aliphatic hydroxyl groups excluding tert-OH is 1. The van der Waals surface area contributed by atoms with Crippen LogP contribution in [0, 0.1) is 10.1 Å². The number of nitro benzene ring substituents is 1. The number of nitrogens with zero attached hydrogens (tertiary/aromatic N) is 2. The number of nitro groups is 1. The lowest BCUT2D eigenvalue weighted by atomic mass is 10.0. The zero-order valence-electron chi connectivity index (χ0n) is 16.0. The van der Waals surface area contributed by atoms with Crippen LogP contribution in [0.2, 0.25) is 0 Å². The average Bonchev–Trinajstić information content (AvgIpc) is 2.74. The van der Waals surface area contributed by atoms with Crippen LogP contribution in [-0.4, -0.2) is 67.6 Å². The Morgan fingerprint density at radius 1 is 1.42 bits per heavy atom. The summed E-state index contributed by atoms with van der Waals surface area (Å²) in [5, 5.41) is 32.2. The van der Waals surface area contributed by atoms with E-state index in [0.717, 1.165) is 11.0 Å². The zero-order valence-corrected chi connectivity index (χ0v) is 16.8. The third-order valence-electron chi connectivity index (χ3n) is 4.64. The largest absolute Gasteiger partial charge is 0.477 e. The number of benzene rings is 1. The predicted molar refractivity (Wildman–Crippen MR) is 104 cm³/mol. The number of carboxylic acids is 1. The summed E-state index contributed by atoms with van der Waals surface area (Å²) in [6.45, 7) is 0.899. The molecule has 1 aromatic carbocycles. The van der Waals surface area contributed by atoms with Gasteiger partial charge in [0.1, 0.15) is 23.7 Å². The van der Waals surface area contributed by atoms with Crippen molar-refractivity contribution in [1.82, 2.24) is 10.2 Å². The second kappa shape index (κ2) is 8.73. The normalized spacial score (nSPS) is 21.0. The van der Waals surface area contributed by atoms with Gasteiger partial charge in [0.25, 0.3) is 17.5 Å². The molecule has 2 amide bonds. The fraction of sp³-hybridized carbons (Fsp3) is 0.333. The fourth-order valence-electron chi connectivity index (χ4n) is 3.18. The van der Waals surface area contributed by atoms with Crippen molar-refractivity contribution in [2.24, 2.45) is 0 Å². The number of aliphatic carboxylic acids is 1. The van der Waals surface area contributed by atoms with E-state index in [1.807, 2.05) is 0 Å². The average molecular weight is 451 g/mol. The Bertz CT molecular complexity index is 1010. The molecule has 2 aliphatic rings. The van der Waals surface area contributed by atoms with Crippen LogP contribution >= 0.6 is 11.8 Å². The smallest absolute Gasteiger partial charge is 0.352 e. The van der Waals surface area contributed by atoms with Gasteiger partial charge in [0.05, 0.1) is 4.92 Å². The van der Waals surface area contributed by atoms with E-state index in [1.165, 1.54) is 36.9 Å². The molecule has 1 aromatic rings. The first-order valence-corrected chi connectivity index (χ1v) is 9.92. The Hall–Kier alpha value is -3.45. The minimum absolute atomic E-state index is 0.0265. The highest BCUT2D eigenvalue weighted by atomic mass is 32.2. The van der Waals surface area contributed by atoms with Crippen molar-refractivity contribution in [2.45, 2.75) is 24.4 Å². The molecule has 1 fully saturated rings. The minimum atomic E-state index is -1.76. The lowest BCUT2D eigenvalue weighted by molar-refractivity contribution is -0.385. The van der Waals surface area contributed by atoms with Crippen molar-refractivity contribution in [3.05, 3.63) is 51.2 Å². The Labute approximate surface area is 179 Å². The summed E-state index contributed by atoms with van der Waals surface area (Å²) in [5.41, 5.74) is -0.394. The number of thioether (sulfide) groups is 1. The van der Waals surface area contributed by atoms with Gasteiger partial charge in [-0.1, -0.05) is 12.1 Å². The number of amides is 2. The summed E-state index contributed by atoms with van der Waals surface area (Å²) in [6, 6.07) is 3.80. The van der Waals surface area contributed by atoms with Crippen LogP contribution in [0.3, 0.4) is 0 Å². The number of esters is 1. The van der Waals surface area contributed by atoms with Gasteiger partial charge in [-0.15, -0.1) is 11.8 Å². The number of non-ortho nitro benzene ring substituents is 1. The van der Waals surface area contributed by atoms with Crippen molar-refractivity contribution in [3.63, 3.8) is 0 Å². The van der Waals surface area contributed by atoms with Crippen LogP contribution < -0.4 is 5.32 Å².